The standard InChI is InChI=1S/C18H40O7P2.Na.H/c1-2-3-4-5-6-7-8-9-10-11-12-13-14-15-16-17-18-24-27(22,23)25-26(19,20)21;;/h2-18H2,1H3,(H,22,23)(H2,19,20,21);;/q;+1;-1. The summed E-state index contributed by atoms with van der Waals surface area (Å²) < 4.78 is 29.9. The van der Waals surface area contributed by atoms with Gasteiger partial charge < -0.3 is 16.1 Å². The third kappa shape index (κ3) is 25.3. The first-order valence-corrected chi connectivity index (χ1v) is 13.5. The van der Waals surface area contributed by atoms with Crippen LogP contribution in [0.2, 0.25) is 0 Å². The number of hydrogen-bond donors (Lipinski definition) is 3. The first-order valence-electron chi connectivity index (χ1n) is 10.5. The van der Waals surface area contributed by atoms with Crippen molar-refractivity contribution >= 4 is 15.6 Å². The van der Waals surface area contributed by atoms with Crippen LogP contribution in [0, 0.1) is 0 Å². The van der Waals surface area contributed by atoms with E-state index in [1.165, 1.54) is 77.0 Å². The second-order valence-corrected chi connectivity index (χ2v) is 10.0. The fraction of sp³-hybridized carbons (Fsp3) is 1.00. The molecule has 0 aliphatic heterocycles. The van der Waals surface area contributed by atoms with E-state index in [4.69, 9.17) is 14.7 Å². The van der Waals surface area contributed by atoms with Gasteiger partial charge in [-0.25, -0.2) is 9.13 Å². The van der Waals surface area contributed by atoms with E-state index in [0.29, 0.717) is 6.42 Å². The maximum Gasteiger partial charge on any atom is 1.00 e. The van der Waals surface area contributed by atoms with E-state index in [9.17, 15) is 9.13 Å². The molecule has 1 unspecified atom stereocenters. The molecule has 0 aliphatic rings. The molecule has 3 N–H and O–H groups in total. The molecule has 0 aromatic rings. The minimum Gasteiger partial charge on any atom is -1.00 e. The Morgan fingerprint density at radius 2 is 0.964 bits per heavy atom. The van der Waals surface area contributed by atoms with Gasteiger partial charge in [-0.15, -0.1) is 0 Å². The topological polar surface area (TPSA) is 113 Å². The number of hydrogen-bond acceptors (Lipinski definition) is 4. The van der Waals surface area contributed by atoms with Crippen molar-refractivity contribution in [2.75, 3.05) is 6.61 Å². The zero-order chi connectivity index (χ0) is 20.4. The van der Waals surface area contributed by atoms with Crippen molar-refractivity contribution in [1.29, 1.82) is 0 Å². The molecule has 0 saturated heterocycles. The molecule has 0 bridgehead atoms. The van der Waals surface area contributed by atoms with Gasteiger partial charge in [0, 0.05) is 0 Å². The van der Waals surface area contributed by atoms with Gasteiger partial charge in [0.2, 0.25) is 0 Å². The summed E-state index contributed by atoms with van der Waals surface area (Å²) in [6.45, 7) is 2.20. The summed E-state index contributed by atoms with van der Waals surface area (Å²) in [5.41, 5.74) is 0. The molecule has 1 atom stereocenters. The van der Waals surface area contributed by atoms with Gasteiger partial charge in [0.1, 0.15) is 0 Å². The molecular formula is C18H41NaO7P2. The van der Waals surface area contributed by atoms with Crippen LogP contribution in [0.25, 0.3) is 0 Å². The van der Waals surface area contributed by atoms with Gasteiger partial charge in [-0.2, -0.15) is 4.31 Å². The zero-order valence-electron chi connectivity index (χ0n) is 18.9. The fourth-order valence-corrected chi connectivity index (χ4v) is 4.61. The molecule has 28 heavy (non-hydrogen) atoms. The van der Waals surface area contributed by atoms with Gasteiger partial charge in [0.15, 0.2) is 0 Å². The molecule has 7 nitrogen and oxygen atoms in total. The summed E-state index contributed by atoms with van der Waals surface area (Å²) in [7, 11) is -9.68. The Balaban J connectivity index is -0.00000338. The molecule has 0 saturated carbocycles. The van der Waals surface area contributed by atoms with E-state index in [-0.39, 0.29) is 37.6 Å². The Labute approximate surface area is 195 Å². The van der Waals surface area contributed by atoms with Crippen molar-refractivity contribution < 1.29 is 63.6 Å². The zero-order valence-corrected chi connectivity index (χ0v) is 21.7. The summed E-state index contributed by atoms with van der Waals surface area (Å²) in [4.78, 5) is 26.0. The molecule has 166 valence electrons. The monoisotopic (exact) mass is 454 g/mol. The molecule has 0 aromatic heterocycles. The maximum absolute atomic E-state index is 11.2. The van der Waals surface area contributed by atoms with Gasteiger partial charge in [-0.1, -0.05) is 103 Å². The van der Waals surface area contributed by atoms with Crippen LogP contribution in [0.15, 0.2) is 0 Å². The minimum absolute atomic E-state index is 0. The normalized spacial score (nSPS) is 13.9. The molecule has 0 aromatic carbocycles. The van der Waals surface area contributed by atoms with Crippen LogP contribution >= 0.6 is 15.6 Å². The number of phosphoric ester groups is 1. The van der Waals surface area contributed by atoms with Gasteiger partial charge in [0.25, 0.3) is 0 Å². The Kier molecular flexibility index (Phi) is 22.7. The summed E-state index contributed by atoms with van der Waals surface area (Å²) in [5, 5.41) is 0. The van der Waals surface area contributed by atoms with Gasteiger partial charge in [-0.05, 0) is 6.42 Å². The van der Waals surface area contributed by atoms with Gasteiger partial charge >= 0.3 is 45.2 Å². The Bertz CT molecular complexity index is 438. The summed E-state index contributed by atoms with van der Waals surface area (Å²) >= 11 is 0. The van der Waals surface area contributed by atoms with E-state index in [1.54, 1.807) is 0 Å². The molecule has 0 fully saturated rings. The van der Waals surface area contributed by atoms with E-state index in [1.807, 2.05) is 0 Å². The maximum atomic E-state index is 11.2. The Morgan fingerprint density at radius 1 is 0.643 bits per heavy atom. The van der Waals surface area contributed by atoms with Crippen LogP contribution < -0.4 is 29.6 Å². The van der Waals surface area contributed by atoms with E-state index in [0.717, 1.165) is 19.3 Å². The fourth-order valence-electron chi connectivity index (χ4n) is 2.99. The molecule has 0 rings (SSSR count). The quantitative estimate of drug-likeness (QED) is 0.146. The van der Waals surface area contributed by atoms with E-state index in [2.05, 4.69) is 15.8 Å². The number of phosphoric acid groups is 2. The average Bonchev–Trinajstić information content (AvgIpc) is 2.55. The van der Waals surface area contributed by atoms with Crippen LogP contribution in [-0.2, 0) is 18.0 Å². The minimum atomic E-state index is -5.02. The Morgan fingerprint density at radius 3 is 1.29 bits per heavy atom. The largest absolute Gasteiger partial charge is 1.00 e. The van der Waals surface area contributed by atoms with Crippen molar-refractivity contribution in [2.24, 2.45) is 0 Å². The summed E-state index contributed by atoms with van der Waals surface area (Å²) in [5.74, 6) is 0. The van der Waals surface area contributed by atoms with Crippen molar-refractivity contribution in [3.63, 3.8) is 0 Å². The van der Waals surface area contributed by atoms with Crippen LogP contribution in [-0.4, -0.2) is 21.3 Å². The first kappa shape index (κ1) is 31.4. The molecule has 0 amide bonds. The van der Waals surface area contributed by atoms with Crippen molar-refractivity contribution in [1.82, 2.24) is 0 Å². The third-order valence-corrected chi connectivity index (χ3v) is 6.65. The predicted molar refractivity (Wildman–Crippen MR) is 110 cm³/mol. The van der Waals surface area contributed by atoms with E-state index < -0.39 is 15.6 Å². The molecule has 0 aliphatic carbocycles. The van der Waals surface area contributed by atoms with Gasteiger partial charge in [0.05, 0.1) is 6.61 Å². The van der Waals surface area contributed by atoms with E-state index >= 15 is 0 Å². The van der Waals surface area contributed by atoms with Crippen LogP contribution in [0.5, 0.6) is 0 Å². The van der Waals surface area contributed by atoms with Crippen molar-refractivity contribution in [2.45, 2.75) is 110 Å². The molecule has 0 radical (unpaired) electrons. The van der Waals surface area contributed by atoms with Crippen LogP contribution in [0.1, 0.15) is 111 Å². The van der Waals surface area contributed by atoms with Crippen LogP contribution in [0.4, 0.5) is 0 Å². The summed E-state index contributed by atoms with van der Waals surface area (Å²) in [6.07, 6.45) is 19.6. The second kappa shape index (κ2) is 20.2. The second-order valence-electron chi connectivity index (χ2n) is 7.18. The number of rotatable bonds is 20. The molecule has 10 heteroatoms. The molecule has 0 spiro atoms. The smallest absolute Gasteiger partial charge is 1.00 e. The molecular weight excluding hydrogens is 413 g/mol. The summed E-state index contributed by atoms with van der Waals surface area (Å²) in [6, 6.07) is 0. The third-order valence-electron chi connectivity index (χ3n) is 4.46. The van der Waals surface area contributed by atoms with Crippen molar-refractivity contribution in [3.05, 3.63) is 0 Å². The van der Waals surface area contributed by atoms with Gasteiger partial charge in [-0.3, -0.25) is 4.52 Å². The van der Waals surface area contributed by atoms with Crippen LogP contribution in [0.3, 0.4) is 0 Å². The first-order chi connectivity index (χ1) is 12.8. The Hall–Kier alpha value is 1.26. The molecule has 0 heterocycles. The SMILES string of the molecule is CCCCCCCCCCCCCCCCCCOP(=O)(O)OP(=O)(O)O.[H-].[Na+]. The average molecular weight is 454 g/mol. The predicted octanol–water partition coefficient (Wildman–Crippen LogP) is 3.59. The number of unbranched alkanes of at least 4 members (excludes halogenated alkanes) is 15. The van der Waals surface area contributed by atoms with Crippen molar-refractivity contribution in [3.8, 4) is 0 Å².